The summed E-state index contributed by atoms with van der Waals surface area (Å²) in [6.45, 7) is 9.86. The van der Waals surface area contributed by atoms with E-state index in [0.717, 1.165) is 18.9 Å². The third-order valence-electron chi connectivity index (χ3n) is 3.17. The second-order valence-electron chi connectivity index (χ2n) is 4.71. The van der Waals surface area contributed by atoms with Gasteiger partial charge in [0.1, 0.15) is 0 Å². The number of nitrogens with zero attached hydrogens (tertiary/aromatic N) is 1. The predicted molar refractivity (Wildman–Crippen MR) is 76.7 cm³/mol. The van der Waals surface area contributed by atoms with Crippen LogP contribution in [-0.2, 0) is 0 Å². The summed E-state index contributed by atoms with van der Waals surface area (Å²) in [4.78, 5) is 2.44. The van der Waals surface area contributed by atoms with Gasteiger partial charge < -0.3 is 4.90 Å². The highest BCUT2D eigenvalue weighted by atomic mass is 15.1. The van der Waals surface area contributed by atoms with Crippen LogP contribution in [-0.4, -0.2) is 11.4 Å². The topological polar surface area (TPSA) is 3.24 Å². The third-order valence-corrected chi connectivity index (χ3v) is 3.17. The van der Waals surface area contributed by atoms with Crippen LogP contribution in [0.4, 0.5) is 0 Å². The molecule has 1 heteroatoms. The molecule has 0 spiro atoms. The summed E-state index contributed by atoms with van der Waals surface area (Å²) in [7, 11) is 0. The summed E-state index contributed by atoms with van der Waals surface area (Å²) in [5.74, 6) is 0.825. The Kier molecular flexibility index (Phi) is 6.10. The fourth-order valence-corrected chi connectivity index (χ4v) is 2.34. The van der Waals surface area contributed by atoms with Gasteiger partial charge in [-0.15, -0.1) is 0 Å². The van der Waals surface area contributed by atoms with Crippen molar-refractivity contribution in [2.75, 3.05) is 6.54 Å². The van der Waals surface area contributed by atoms with Gasteiger partial charge in [-0.05, 0) is 57.2 Å². The molecule has 0 unspecified atom stereocenters. The SMILES string of the molecule is C/C=C\C(=C(\CC)N(/C=C/C)CCC)C1CC1. The largest absolute Gasteiger partial charge is 0.352 e. The van der Waals surface area contributed by atoms with Crippen LogP contribution in [0.2, 0.25) is 0 Å². The van der Waals surface area contributed by atoms with Crippen LogP contribution in [0.15, 0.2) is 35.7 Å². The van der Waals surface area contributed by atoms with Crippen molar-refractivity contribution in [2.24, 2.45) is 5.92 Å². The first-order chi connectivity index (χ1) is 8.28. The van der Waals surface area contributed by atoms with Gasteiger partial charge in [0.15, 0.2) is 0 Å². The summed E-state index contributed by atoms with van der Waals surface area (Å²) >= 11 is 0. The van der Waals surface area contributed by atoms with Gasteiger partial charge in [0.25, 0.3) is 0 Å². The monoisotopic (exact) mass is 233 g/mol. The van der Waals surface area contributed by atoms with E-state index in [0.29, 0.717) is 0 Å². The molecule has 0 saturated heterocycles. The summed E-state index contributed by atoms with van der Waals surface area (Å²) in [6.07, 6.45) is 13.9. The highest BCUT2D eigenvalue weighted by Gasteiger charge is 2.27. The number of rotatable bonds is 7. The van der Waals surface area contributed by atoms with Crippen LogP contribution in [0, 0.1) is 5.92 Å². The zero-order valence-electron chi connectivity index (χ0n) is 11.9. The molecule has 96 valence electrons. The minimum atomic E-state index is 0.825. The van der Waals surface area contributed by atoms with E-state index in [1.807, 2.05) is 0 Å². The van der Waals surface area contributed by atoms with Crippen molar-refractivity contribution in [1.29, 1.82) is 0 Å². The van der Waals surface area contributed by atoms with Crippen molar-refractivity contribution in [3.8, 4) is 0 Å². The summed E-state index contributed by atoms with van der Waals surface area (Å²) < 4.78 is 0. The maximum absolute atomic E-state index is 2.44. The molecule has 0 aliphatic heterocycles. The van der Waals surface area contributed by atoms with Crippen molar-refractivity contribution >= 4 is 0 Å². The molecule has 1 fully saturated rings. The molecule has 0 atom stereocenters. The Hall–Kier alpha value is -0.980. The quantitative estimate of drug-likeness (QED) is 0.566. The van der Waals surface area contributed by atoms with Gasteiger partial charge in [-0.2, -0.15) is 0 Å². The van der Waals surface area contributed by atoms with Crippen molar-refractivity contribution in [2.45, 2.75) is 53.4 Å². The molecule has 1 aliphatic carbocycles. The zero-order valence-corrected chi connectivity index (χ0v) is 11.9. The molecule has 0 N–H and O–H groups in total. The van der Waals surface area contributed by atoms with E-state index in [1.165, 1.54) is 25.0 Å². The standard InChI is InChI=1S/C16H27N/c1-5-9-15(14-10-11-14)16(8-4)17(12-6-2)13-7-3/h5-6,9,12,14H,7-8,10-11,13H2,1-4H3/b9-5-,12-6+,16-15+. The molecule has 0 bridgehead atoms. The van der Waals surface area contributed by atoms with E-state index >= 15 is 0 Å². The van der Waals surface area contributed by atoms with Gasteiger partial charge in [0.2, 0.25) is 0 Å². The molecule has 0 aromatic heterocycles. The Labute approximate surface area is 107 Å². The minimum absolute atomic E-state index is 0.825. The highest BCUT2D eigenvalue weighted by molar-refractivity contribution is 5.31. The van der Waals surface area contributed by atoms with E-state index in [-0.39, 0.29) is 0 Å². The third kappa shape index (κ3) is 4.07. The van der Waals surface area contributed by atoms with Crippen LogP contribution >= 0.6 is 0 Å². The van der Waals surface area contributed by atoms with E-state index < -0.39 is 0 Å². The number of hydrogen-bond acceptors (Lipinski definition) is 1. The first-order valence-corrected chi connectivity index (χ1v) is 7.03. The molecule has 17 heavy (non-hydrogen) atoms. The predicted octanol–water partition coefficient (Wildman–Crippen LogP) is 4.88. The van der Waals surface area contributed by atoms with E-state index in [2.05, 4.69) is 57.0 Å². The van der Waals surface area contributed by atoms with Crippen LogP contribution in [0.1, 0.15) is 53.4 Å². The van der Waals surface area contributed by atoms with E-state index in [4.69, 9.17) is 0 Å². The minimum Gasteiger partial charge on any atom is -0.352 e. The lowest BCUT2D eigenvalue weighted by Gasteiger charge is -2.25. The first-order valence-electron chi connectivity index (χ1n) is 7.03. The molecule has 1 aliphatic rings. The normalized spacial score (nSPS) is 17.9. The van der Waals surface area contributed by atoms with Crippen LogP contribution in [0.3, 0.4) is 0 Å². The van der Waals surface area contributed by atoms with Gasteiger partial charge in [0, 0.05) is 12.2 Å². The number of hydrogen-bond donors (Lipinski definition) is 0. The van der Waals surface area contributed by atoms with Gasteiger partial charge >= 0.3 is 0 Å². The molecular weight excluding hydrogens is 206 g/mol. The lowest BCUT2D eigenvalue weighted by molar-refractivity contribution is 0.441. The Morgan fingerprint density at radius 1 is 1.18 bits per heavy atom. The molecule has 1 nitrogen and oxygen atoms in total. The van der Waals surface area contributed by atoms with Gasteiger partial charge in [-0.3, -0.25) is 0 Å². The maximum atomic E-state index is 2.44. The Morgan fingerprint density at radius 3 is 2.29 bits per heavy atom. The van der Waals surface area contributed by atoms with Gasteiger partial charge in [-0.1, -0.05) is 32.1 Å². The zero-order chi connectivity index (χ0) is 12.7. The lowest BCUT2D eigenvalue weighted by atomic mass is 10.1. The number of allylic oxidation sites excluding steroid dienone is 5. The van der Waals surface area contributed by atoms with Crippen LogP contribution in [0.5, 0.6) is 0 Å². The van der Waals surface area contributed by atoms with Gasteiger partial charge in [0.05, 0.1) is 0 Å². The molecule has 0 aromatic rings. The van der Waals surface area contributed by atoms with E-state index in [9.17, 15) is 0 Å². The summed E-state index contributed by atoms with van der Waals surface area (Å²) in [5.41, 5.74) is 3.09. The second-order valence-corrected chi connectivity index (χ2v) is 4.71. The maximum Gasteiger partial charge on any atom is 0.0219 e. The van der Waals surface area contributed by atoms with Gasteiger partial charge in [-0.25, -0.2) is 0 Å². The summed E-state index contributed by atoms with van der Waals surface area (Å²) in [5, 5.41) is 0. The average molecular weight is 233 g/mol. The summed E-state index contributed by atoms with van der Waals surface area (Å²) in [6, 6.07) is 0. The van der Waals surface area contributed by atoms with Crippen molar-refractivity contribution in [1.82, 2.24) is 4.90 Å². The van der Waals surface area contributed by atoms with E-state index in [1.54, 1.807) is 5.57 Å². The fraction of sp³-hybridized carbons (Fsp3) is 0.625. The molecule has 0 radical (unpaired) electrons. The Bertz CT molecular complexity index is 305. The lowest BCUT2D eigenvalue weighted by Crippen LogP contribution is -2.19. The Balaban J connectivity index is 3.00. The highest BCUT2D eigenvalue weighted by Crippen LogP contribution is 2.40. The molecule has 0 heterocycles. The van der Waals surface area contributed by atoms with Crippen LogP contribution < -0.4 is 0 Å². The Morgan fingerprint density at radius 2 is 1.88 bits per heavy atom. The molecule has 1 rings (SSSR count). The van der Waals surface area contributed by atoms with Crippen molar-refractivity contribution in [3.63, 3.8) is 0 Å². The molecule has 0 amide bonds. The van der Waals surface area contributed by atoms with Crippen molar-refractivity contribution < 1.29 is 0 Å². The molecule has 0 aromatic carbocycles. The van der Waals surface area contributed by atoms with Crippen molar-refractivity contribution in [3.05, 3.63) is 35.7 Å². The molecule has 1 saturated carbocycles. The smallest absolute Gasteiger partial charge is 0.0219 e. The molecular formula is C16H27N. The second kappa shape index (κ2) is 7.37. The van der Waals surface area contributed by atoms with Crippen LogP contribution in [0.25, 0.3) is 0 Å². The average Bonchev–Trinajstić information content (AvgIpc) is 3.13. The first kappa shape index (κ1) is 14.1. The fourth-order valence-electron chi connectivity index (χ4n) is 2.34.